The van der Waals surface area contributed by atoms with Gasteiger partial charge in [-0.25, -0.2) is 0 Å². The Morgan fingerprint density at radius 1 is 1.62 bits per heavy atom. The summed E-state index contributed by atoms with van der Waals surface area (Å²) in [7, 11) is 0. The first-order valence-corrected chi connectivity index (χ1v) is 4.62. The molecule has 1 aromatic rings. The quantitative estimate of drug-likeness (QED) is 0.639. The van der Waals surface area contributed by atoms with E-state index in [9.17, 15) is 0 Å². The van der Waals surface area contributed by atoms with E-state index < -0.39 is 0 Å². The maximum atomic E-state index is 5.34. The molecule has 1 heterocycles. The molecule has 0 fully saturated rings. The third-order valence-electron chi connectivity index (χ3n) is 1.01. The minimum atomic E-state index is 0.643. The van der Waals surface area contributed by atoms with Crippen LogP contribution in [-0.2, 0) is 6.42 Å². The Kier molecular flexibility index (Phi) is 2.34. The molecule has 0 atom stereocenters. The van der Waals surface area contributed by atoms with Gasteiger partial charge in [-0.3, -0.25) is 0 Å². The van der Waals surface area contributed by atoms with E-state index in [1.54, 1.807) is 0 Å². The minimum absolute atomic E-state index is 0.643. The van der Waals surface area contributed by atoms with Crippen molar-refractivity contribution in [2.75, 3.05) is 6.54 Å². The predicted octanol–water partition coefficient (Wildman–Crippen LogP) is 0.245. The first kappa shape index (κ1) is 6.09. The van der Waals surface area contributed by atoms with Gasteiger partial charge in [0.05, 0.1) is 0 Å². The van der Waals surface area contributed by atoms with Crippen LogP contribution in [0.5, 0.6) is 0 Å². The summed E-state index contributed by atoms with van der Waals surface area (Å²) < 4.78 is 0. The van der Waals surface area contributed by atoms with E-state index in [1.165, 1.54) is 5.56 Å². The van der Waals surface area contributed by atoms with Crippen LogP contribution in [-0.4, -0.2) is 21.0 Å². The van der Waals surface area contributed by atoms with Crippen molar-refractivity contribution in [3.8, 4) is 0 Å². The Morgan fingerprint density at radius 2 is 2.50 bits per heavy atom. The molecule has 1 rings (SSSR count). The van der Waals surface area contributed by atoms with E-state index in [4.69, 9.17) is 5.73 Å². The Labute approximate surface area is 55.3 Å². The third-order valence-corrected chi connectivity index (χ3v) is 2.55. The summed E-state index contributed by atoms with van der Waals surface area (Å²) in [6.45, 7) is 0.784. The van der Waals surface area contributed by atoms with E-state index >= 15 is 0 Å². The van der Waals surface area contributed by atoms with Crippen molar-refractivity contribution in [3.63, 3.8) is 0 Å². The summed E-state index contributed by atoms with van der Waals surface area (Å²) in [4.78, 5) is 4.50. The van der Waals surface area contributed by atoms with Crippen LogP contribution < -0.4 is 5.73 Å². The van der Waals surface area contributed by atoms with Crippen LogP contribution in [0.4, 0.5) is 0 Å². The first-order valence-electron chi connectivity index (χ1n) is 2.64. The topological polar surface area (TPSA) is 26.0 Å². The van der Waals surface area contributed by atoms with Gasteiger partial charge >= 0.3 is 54.7 Å². The fourth-order valence-corrected chi connectivity index (χ4v) is 2.08. The van der Waals surface area contributed by atoms with E-state index in [1.807, 2.05) is 0 Å². The summed E-state index contributed by atoms with van der Waals surface area (Å²) in [6, 6.07) is 2.17. The molecular formula is C6H9NSe. The van der Waals surface area contributed by atoms with Gasteiger partial charge < -0.3 is 0 Å². The van der Waals surface area contributed by atoms with Crippen molar-refractivity contribution in [1.29, 1.82) is 0 Å². The number of hydrogen-bond acceptors (Lipinski definition) is 1. The molecule has 1 nitrogen and oxygen atoms in total. The summed E-state index contributed by atoms with van der Waals surface area (Å²) in [5.41, 5.74) is 6.76. The zero-order chi connectivity index (χ0) is 5.82. The van der Waals surface area contributed by atoms with Crippen molar-refractivity contribution >= 4 is 14.5 Å². The molecule has 8 heavy (non-hydrogen) atoms. The van der Waals surface area contributed by atoms with Gasteiger partial charge in [-0.15, -0.1) is 0 Å². The Hall–Kier alpha value is -0.0405. The fraction of sp³-hybridized carbons (Fsp3) is 0.333. The predicted molar refractivity (Wildman–Crippen MR) is 36.1 cm³/mol. The average Bonchev–Trinajstić information content (AvgIpc) is 2.19. The van der Waals surface area contributed by atoms with Gasteiger partial charge in [0.2, 0.25) is 0 Å². The van der Waals surface area contributed by atoms with Crippen molar-refractivity contribution < 1.29 is 0 Å². The molecule has 0 amide bonds. The average molecular weight is 174 g/mol. The van der Waals surface area contributed by atoms with Gasteiger partial charge in [-0.2, -0.15) is 0 Å². The fourth-order valence-electron chi connectivity index (χ4n) is 0.602. The van der Waals surface area contributed by atoms with Gasteiger partial charge in [-0.05, 0) is 0 Å². The van der Waals surface area contributed by atoms with Crippen LogP contribution in [0.3, 0.4) is 0 Å². The van der Waals surface area contributed by atoms with E-state index in [2.05, 4.69) is 15.9 Å². The van der Waals surface area contributed by atoms with Crippen LogP contribution in [0.1, 0.15) is 5.56 Å². The van der Waals surface area contributed by atoms with Crippen LogP contribution >= 0.6 is 0 Å². The van der Waals surface area contributed by atoms with Crippen molar-refractivity contribution in [3.05, 3.63) is 21.5 Å². The summed E-state index contributed by atoms with van der Waals surface area (Å²) >= 11 is 0.643. The second kappa shape index (κ2) is 3.08. The normalized spacial score (nSPS) is 9.62. The Balaban J connectivity index is 2.50. The van der Waals surface area contributed by atoms with Crippen LogP contribution in [0.2, 0.25) is 0 Å². The van der Waals surface area contributed by atoms with Gasteiger partial charge in [0.1, 0.15) is 0 Å². The van der Waals surface area contributed by atoms with E-state index in [0.717, 1.165) is 13.0 Å². The molecule has 1 aromatic heterocycles. The summed E-state index contributed by atoms with van der Waals surface area (Å²) in [5.74, 6) is 0. The molecule has 0 saturated heterocycles. The third kappa shape index (κ3) is 1.48. The Bertz CT molecular complexity index is 134. The zero-order valence-corrected chi connectivity index (χ0v) is 6.34. The van der Waals surface area contributed by atoms with Crippen molar-refractivity contribution in [1.82, 2.24) is 0 Å². The maximum absolute atomic E-state index is 5.34. The molecule has 2 N–H and O–H groups in total. The van der Waals surface area contributed by atoms with Gasteiger partial charge in [0.15, 0.2) is 0 Å². The van der Waals surface area contributed by atoms with E-state index in [-0.39, 0.29) is 0 Å². The number of rotatable bonds is 2. The van der Waals surface area contributed by atoms with Crippen molar-refractivity contribution in [2.24, 2.45) is 5.73 Å². The number of nitrogens with two attached hydrogens (primary N) is 1. The summed E-state index contributed by atoms with van der Waals surface area (Å²) in [5, 5.41) is 0. The molecule has 0 bridgehead atoms. The SMILES string of the molecule is NCCc1cc[se]c1. The molecule has 2 heteroatoms. The molecule has 0 aliphatic carbocycles. The molecule has 0 radical (unpaired) electrons. The molecular weight excluding hydrogens is 165 g/mol. The first-order chi connectivity index (χ1) is 3.93. The van der Waals surface area contributed by atoms with Gasteiger partial charge in [-0.1, -0.05) is 0 Å². The molecule has 0 saturated carbocycles. The molecule has 0 unspecified atom stereocenters. The second-order valence-corrected chi connectivity index (χ2v) is 3.31. The van der Waals surface area contributed by atoms with Gasteiger partial charge in [0, 0.05) is 0 Å². The molecule has 0 aliphatic heterocycles. The molecule has 0 aromatic carbocycles. The van der Waals surface area contributed by atoms with Crippen molar-refractivity contribution in [2.45, 2.75) is 6.42 Å². The standard InChI is InChI=1S/C6H9NSe/c7-3-1-6-2-4-8-5-6/h2,4-5H,1,3,7H2. The summed E-state index contributed by atoms with van der Waals surface area (Å²) in [6.07, 6.45) is 1.05. The molecule has 0 aliphatic rings. The zero-order valence-electron chi connectivity index (χ0n) is 4.63. The second-order valence-electron chi connectivity index (χ2n) is 1.67. The van der Waals surface area contributed by atoms with Gasteiger partial charge in [0.25, 0.3) is 0 Å². The van der Waals surface area contributed by atoms with Crippen LogP contribution in [0, 0.1) is 0 Å². The van der Waals surface area contributed by atoms with Crippen LogP contribution in [0.25, 0.3) is 0 Å². The monoisotopic (exact) mass is 175 g/mol. The number of hydrogen-bond donors (Lipinski definition) is 1. The van der Waals surface area contributed by atoms with Crippen LogP contribution in [0.15, 0.2) is 15.9 Å². The van der Waals surface area contributed by atoms with E-state index in [0.29, 0.717) is 14.5 Å². The Morgan fingerprint density at radius 3 is 3.00 bits per heavy atom. The molecule has 44 valence electrons. The molecule has 0 spiro atoms.